The highest BCUT2D eigenvalue weighted by molar-refractivity contribution is 7.37. The normalized spacial score (nSPS) is 17.4. The van der Waals surface area contributed by atoms with Crippen LogP contribution < -0.4 is 30.5 Å². The second-order valence-corrected chi connectivity index (χ2v) is 12.3. The van der Waals surface area contributed by atoms with Gasteiger partial charge < -0.3 is 19.4 Å². The van der Waals surface area contributed by atoms with Crippen LogP contribution in [0.3, 0.4) is 0 Å². The number of Topliss-reactive ketones (excluding diaryl/α,β-unsaturated/α-hetero) is 1. The number of aryl methyl sites for hydroxylation is 1. The summed E-state index contributed by atoms with van der Waals surface area (Å²) in [6.07, 6.45) is 1.58. The van der Waals surface area contributed by atoms with Crippen molar-refractivity contribution in [3.8, 4) is 11.5 Å². The molecule has 1 N–H and O–H groups in total. The van der Waals surface area contributed by atoms with Crippen molar-refractivity contribution in [2.45, 2.75) is 24.8 Å². The van der Waals surface area contributed by atoms with Crippen LogP contribution in [0.1, 0.15) is 33.8 Å². The number of nitrogens with zero attached hydrogens (tertiary/aromatic N) is 1. The Morgan fingerprint density at radius 3 is 2.30 bits per heavy atom. The predicted molar refractivity (Wildman–Crippen MR) is 161 cm³/mol. The lowest BCUT2D eigenvalue weighted by atomic mass is 9.84. The van der Waals surface area contributed by atoms with Gasteiger partial charge in [-0.15, -0.1) is 18.5 Å². The van der Waals surface area contributed by atoms with E-state index in [-0.39, 0.29) is 41.7 Å². The Hall–Kier alpha value is -2.15. The number of carbonyl (C=O) groups is 2. The smallest absolute Gasteiger partial charge is 0.272 e. The SMILES string of the molecule is COc1cc(P)c([C@@H]2CN(c3c(C)cc[nH]c3=O)C(=O)[C@H]2CC(=O)c2ccc(OC(P)P)cc2)c(P)c1. The van der Waals surface area contributed by atoms with Gasteiger partial charge in [0.2, 0.25) is 5.91 Å². The molecule has 3 aromatic rings. The van der Waals surface area contributed by atoms with Crippen LogP contribution in [0.5, 0.6) is 11.5 Å². The van der Waals surface area contributed by atoms with E-state index in [0.717, 1.165) is 16.2 Å². The van der Waals surface area contributed by atoms with Gasteiger partial charge in [0.1, 0.15) is 22.8 Å². The first-order valence-corrected chi connectivity index (χ1v) is 14.1. The maximum atomic E-state index is 13.8. The third-order valence-electron chi connectivity index (χ3n) is 6.53. The highest BCUT2D eigenvalue weighted by Gasteiger charge is 2.45. The van der Waals surface area contributed by atoms with Crippen molar-refractivity contribution in [3.05, 3.63) is 75.7 Å². The molecule has 6 atom stereocenters. The van der Waals surface area contributed by atoms with Crippen LogP contribution in [0.2, 0.25) is 0 Å². The second-order valence-electron chi connectivity index (χ2n) is 8.95. The number of aromatic nitrogens is 1. The third-order valence-corrected chi connectivity index (χ3v) is 7.76. The van der Waals surface area contributed by atoms with Crippen molar-refractivity contribution in [3.63, 3.8) is 0 Å². The first-order chi connectivity index (χ1) is 17.6. The lowest BCUT2D eigenvalue weighted by molar-refractivity contribution is -0.120. The highest BCUT2D eigenvalue weighted by atomic mass is 31.1. The summed E-state index contributed by atoms with van der Waals surface area (Å²) in [6, 6.07) is 12.5. The number of methoxy groups -OCH3 is 1. The Bertz CT molecular complexity index is 1370. The Labute approximate surface area is 225 Å². The summed E-state index contributed by atoms with van der Waals surface area (Å²) in [6.45, 7) is 2.09. The quantitative estimate of drug-likeness (QED) is 0.330. The molecular formula is C26H30N2O5P4. The molecule has 194 valence electrons. The molecule has 0 saturated carbocycles. The number of nitrogens with one attached hydrogen (secondary N) is 1. The van der Waals surface area contributed by atoms with Gasteiger partial charge in [-0.1, -0.05) is 18.5 Å². The van der Waals surface area contributed by atoms with E-state index in [4.69, 9.17) is 9.47 Å². The summed E-state index contributed by atoms with van der Waals surface area (Å²) in [5.41, 5.74) is 1.99. The average Bonchev–Trinajstić information content (AvgIpc) is 3.14. The van der Waals surface area contributed by atoms with E-state index in [1.165, 1.54) is 4.90 Å². The zero-order valence-electron chi connectivity index (χ0n) is 20.6. The van der Waals surface area contributed by atoms with Crippen molar-refractivity contribution < 1.29 is 19.1 Å². The molecule has 7 nitrogen and oxygen atoms in total. The number of hydrogen-bond acceptors (Lipinski definition) is 5. The topological polar surface area (TPSA) is 88.7 Å². The molecule has 1 saturated heterocycles. The van der Waals surface area contributed by atoms with Crippen LogP contribution in [-0.4, -0.2) is 35.9 Å². The molecule has 2 aromatic carbocycles. The monoisotopic (exact) mass is 574 g/mol. The molecule has 4 unspecified atom stereocenters. The van der Waals surface area contributed by atoms with Crippen LogP contribution >= 0.6 is 37.0 Å². The van der Waals surface area contributed by atoms with E-state index in [1.807, 2.05) is 12.1 Å². The van der Waals surface area contributed by atoms with Gasteiger partial charge in [-0.05, 0) is 71.1 Å². The van der Waals surface area contributed by atoms with Crippen molar-refractivity contribution in [2.75, 3.05) is 18.6 Å². The Kier molecular flexibility index (Phi) is 8.82. The van der Waals surface area contributed by atoms with Gasteiger partial charge in [-0.3, -0.25) is 14.4 Å². The van der Waals surface area contributed by atoms with Gasteiger partial charge in [0, 0.05) is 30.6 Å². The van der Waals surface area contributed by atoms with Crippen LogP contribution in [0.4, 0.5) is 5.69 Å². The van der Waals surface area contributed by atoms with Crippen molar-refractivity contribution in [2.24, 2.45) is 5.92 Å². The van der Waals surface area contributed by atoms with Gasteiger partial charge in [0.15, 0.2) is 5.78 Å². The van der Waals surface area contributed by atoms with E-state index in [9.17, 15) is 14.4 Å². The Morgan fingerprint density at radius 2 is 1.73 bits per heavy atom. The maximum Gasteiger partial charge on any atom is 0.272 e. The summed E-state index contributed by atoms with van der Waals surface area (Å²) < 4.78 is 11.0. The van der Waals surface area contributed by atoms with E-state index < -0.39 is 5.92 Å². The predicted octanol–water partition coefficient (Wildman–Crippen LogP) is 3.12. The van der Waals surface area contributed by atoms with Gasteiger partial charge in [-0.2, -0.15) is 0 Å². The number of carbonyl (C=O) groups excluding carboxylic acids is 2. The van der Waals surface area contributed by atoms with Crippen molar-refractivity contribution >= 4 is 64.9 Å². The van der Waals surface area contributed by atoms with Gasteiger partial charge in [0.05, 0.1) is 13.0 Å². The number of hydrogen-bond donors (Lipinski definition) is 1. The van der Waals surface area contributed by atoms with Crippen LogP contribution in [-0.2, 0) is 4.79 Å². The summed E-state index contributed by atoms with van der Waals surface area (Å²) >= 11 is 0. The molecule has 2 heterocycles. The van der Waals surface area contributed by atoms with Crippen LogP contribution in [0.25, 0.3) is 0 Å². The molecule has 4 rings (SSSR count). The fourth-order valence-electron chi connectivity index (χ4n) is 4.82. The van der Waals surface area contributed by atoms with Crippen LogP contribution in [0.15, 0.2) is 53.5 Å². The Balaban J connectivity index is 1.72. The summed E-state index contributed by atoms with van der Waals surface area (Å²) in [5.74, 6) is 0.00885. The number of anilines is 1. The fourth-order valence-corrected chi connectivity index (χ4v) is 6.40. The van der Waals surface area contributed by atoms with E-state index in [1.54, 1.807) is 50.6 Å². The number of ketones is 1. The molecule has 1 fully saturated rings. The minimum Gasteiger partial charge on any atom is -0.497 e. The minimum absolute atomic E-state index is 0.0140. The zero-order valence-corrected chi connectivity index (χ0v) is 25.2. The number of H-pyrrole nitrogens is 1. The number of amides is 1. The first kappa shape index (κ1) is 27.9. The molecule has 1 aliphatic heterocycles. The number of aromatic amines is 1. The van der Waals surface area contributed by atoms with E-state index in [2.05, 4.69) is 41.9 Å². The first-order valence-electron chi connectivity index (χ1n) is 11.6. The molecule has 0 spiro atoms. The van der Waals surface area contributed by atoms with Crippen molar-refractivity contribution in [1.82, 2.24) is 4.98 Å². The van der Waals surface area contributed by atoms with Gasteiger partial charge in [-0.25, -0.2) is 0 Å². The molecule has 1 amide bonds. The minimum atomic E-state index is -0.641. The lowest BCUT2D eigenvalue weighted by Crippen LogP contribution is -2.33. The molecule has 1 aliphatic rings. The van der Waals surface area contributed by atoms with E-state index in [0.29, 0.717) is 28.3 Å². The summed E-state index contributed by atoms with van der Waals surface area (Å²) in [7, 11) is 12.1. The summed E-state index contributed by atoms with van der Waals surface area (Å²) in [5, 5.41) is 1.76. The molecule has 0 radical (unpaired) electrons. The molecule has 11 heteroatoms. The largest absolute Gasteiger partial charge is 0.497 e. The molecule has 37 heavy (non-hydrogen) atoms. The zero-order chi connectivity index (χ0) is 26.9. The third kappa shape index (κ3) is 5.97. The second kappa shape index (κ2) is 11.7. The number of ether oxygens (including phenoxy) is 2. The number of pyridine rings is 1. The maximum absolute atomic E-state index is 13.8. The van der Waals surface area contributed by atoms with Gasteiger partial charge >= 0.3 is 0 Å². The standard InChI is InChI=1S/C26H30N2O5P4/c1-13-7-8-27-24(30)23(13)28-12-18(22-20(34)9-16(32-2)10-21(22)35)17(25(28)31)11-19(29)14-3-5-15(6-4-14)33-26(36)37/h3-10,17-18,26H,11-12,34-37H2,1-2H3,(H,27,30)/t17-,18+/m0/s1. The Morgan fingerprint density at radius 1 is 1.08 bits per heavy atom. The molecule has 0 bridgehead atoms. The van der Waals surface area contributed by atoms with Gasteiger partial charge in [0.25, 0.3) is 5.56 Å². The molecular weight excluding hydrogens is 544 g/mol. The van der Waals surface area contributed by atoms with Crippen molar-refractivity contribution in [1.29, 1.82) is 0 Å². The van der Waals surface area contributed by atoms with E-state index >= 15 is 0 Å². The van der Waals surface area contributed by atoms with Crippen LogP contribution in [0, 0.1) is 12.8 Å². The highest BCUT2D eigenvalue weighted by Crippen LogP contribution is 2.39. The molecule has 0 aliphatic carbocycles. The molecule has 1 aromatic heterocycles. The fraction of sp³-hybridized carbons (Fsp3) is 0.269. The number of rotatable bonds is 8. The number of benzene rings is 2. The lowest BCUT2D eigenvalue weighted by Gasteiger charge is -2.22. The average molecular weight is 574 g/mol. The summed E-state index contributed by atoms with van der Waals surface area (Å²) in [4.78, 5) is 44.2.